The molecule has 0 unspecified atom stereocenters. The molecule has 0 aliphatic heterocycles. The van der Waals surface area contributed by atoms with Crippen molar-refractivity contribution >= 4 is 60.4 Å². The molecule has 1 aliphatic carbocycles. The van der Waals surface area contributed by atoms with E-state index in [-0.39, 0.29) is 10.8 Å². The molecule has 0 fully saturated rings. The van der Waals surface area contributed by atoms with Crippen LogP contribution in [0.15, 0.2) is 152 Å². The van der Waals surface area contributed by atoms with Crippen LogP contribution in [0.4, 0.5) is 17.1 Å². The second kappa shape index (κ2) is 11.9. The van der Waals surface area contributed by atoms with Gasteiger partial charge in [0.25, 0.3) is 0 Å². The molecule has 1 aromatic heterocycles. The summed E-state index contributed by atoms with van der Waals surface area (Å²) in [5, 5.41) is 7.62. The van der Waals surface area contributed by atoms with Crippen molar-refractivity contribution in [2.24, 2.45) is 0 Å². The predicted molar refractivity (Wildman–Crippen MR) is 237 cm³/mol. The molecule has 0 saturated carbocycles. The molecule has 10 rings (SSSR count). The number of hydrogen-bond donors (Lipinski definition) is 0. The van der Waals surface area contributed by atoms with Gasteiger partial charge in [-0.05, 0) is 157 Å². The number of fused-ring (bicyclic) bond motifs is 9. The molecule has 2 nitrogen and oxygen atoms in total. The highest BCUT2D eigenvalue weighted by Gasteiger charge is 2.26. The standard InChI is InChI=1S/C53H46N2/c1-33-19-22-39(53(5,6)7)32-51(33)54(40-14-12-13-38(31-40)52(2,3)4)41-23-20-34-27-45-47(29-36(34)25-41)46-28-35-21-24-42(26-37(35)30-48(45)46)55-49-17-10-8-15-43(49)44-16-9-11-18-50(44)55/h8-32H,1-7H3. The number of rotatable bonds is 4. The van der Waals surface area contributed by atoms with Crippen LogP contribution >= 0.6 is 0 Å². The summed E-state index contributed by atoms with van der Waals surface area (Å²) in [6.07, 6.45) is 0. The molecule has 9 aromatic rings. The Hall–Kier alpha value is -6.12. The molecule has 0 N–H and O–H groups in total. The monoisotopic (exact) mass is 710 g/mol. The van der Waals surface area contributed by atoms with Gasteiger partial charge in [-0.15, -0.1) is 0 Å². The zero-order valence-corrected chi connectivity index (χ0v) is 32.8. The minimum Gasteiger partial charge on any atom is -0.310 e. The van der Waals surface area contributed by atoms with E-state index in [1.807, 2.05) is 0 Å². The van der Waals surface area contributed by atoms with Crippen molar-refractivity contribution in [1.29, 1.82) is 0 Å². The highest BCUT2D eigenvalue weighted by molar-refractivity contribution is 6.13. The van der Waals surface area contributed by atoms with E-state index >= 15 is 0 Å². The summed E-state index contributed by atoms with van der Waals surface area (Å²) in [4.78, 5) is 2.47. The average Bonchev–Trinajstić information content (AvgIpc) is 3.51. The van der Waals surface area contributed by atoms with E-state index in [0.29, 0.717) is 0 Å². The maximum atomic E-state index is 2.47. The van der Waals surface area contributed by atoms with Crippen LogP contribution in [0.2, 0.25) is 0 Å². The molecular formula is C53H46N2. The molecule has 0 amide bonds. The average molecular weight is 711 g/mol. The van der Waals surface area contributed by atoms with Gasteiger partial charge < -0.3 is 9.47 Å². The lowest BCUT2D eigenvalue weighted by atomic mass is 9.78. The van der Waals surface area contributed by atoms with Crippen molar-refractivity contribution in [2.75, 3.05) is 4.90 Å². The summed E-state index contributed by atoms with van der Waals surface area (Å²) in [6.45, 7) is 16.0. The molecule has 55 heavy (non-hydrogen) atoms. The molecule has 268 valence electrons. The lowest BCUT2D eigenvalue weighted by Crippen LogP contribution is -2.17. The summed E-state index contributed by atoms with van der Waals surface area (Å²) in [7, 11) is 0. The van der Waals surface area contributed by atoms with Crippen LogP contribution < -0.4 is 4.90 Å². The fourth-order valence-corrected chi connectivity index (χ4v) is 8.73. The van der Waals surface area contributed by atoms with Gasteiger partial charge in [-0.1, -0.05) is 114 Å². The minimum absolute atomic E-state index is 0.0389. The van der Waals surface area contributed by atoms with Gasteiger partial charge in [0.05, 0.1) is 11.0 Å². The largest absolute Gasteiger partial charge is 0.310 e. The van der Waals surface area contributed by atoms with Crippen molar-refractivity contribution in [3.8, 4) is 27.9 Å². The van der Waals surface area contributed by atoms with E-state index in [2.05, 4.69) is 210 Å². The van der Waals surface area contributed by atoms with E-state index in [4.69, 9.17) is 0 Å². The topological polar surface area (TPSA) is 8.17 Å². The van der Waals surface area contributed by atoms with Gasteiger partial charge in [-0.2, -0.15) is 0 Å². The van der Waals surface area contributed by atoms with Crippen LogP contribution in [-0.2, 0) is 10.8 Å². The van der Waals surface area contributed by atoms with Gasteiger partial charge >= 0.3 is 0 Å². The molecule has 8 aromatic carbocycles. The van der Waals surface area contributed by atoms with Gasteiger partial charge in [0, 0.05) is 33.5 Å². The Balaban J connectivity index is 1.08. The number of hydrogen-bond acceptors (Lipinski definition) is 1. The third kappa shape index (κ3) is 5.38. The lowest BCUT2D eigenvalue weighted by Gasteiger charge is -2.31. The number of para-hydroxylation sites is 2. The number of benzene rings is 8. The number of aryl methyl sites for hydroxylation is 1. The number of aromatic nitrogens is 1. The van der Waals surface area contributed by atoms with Crippen molar-refractivity contribution in [2.45, 2.75) is 59.3 Å². The second-order valence-electron chi connectivity index (χ2n) is 17.6. The molecular weight excluding hydrogens is 665 g/mol. The maximum absolute atomic E-state index is 2.47. The Morgan fingerprint density at radius 2 is 0.945 bits per heavy atom. The fraction of sp³-hybridized carbons (Fsp3) is 0.170. The molecule has 1 heterocycles. The zero-order chi connectivity index (χ0) is 37.8. The third-order valence-electron chi connectivity index (χ3n) is 11.9. The lowest BCUT2D eigenvalue weighted by molar-refractivity contribution is 0.590. The van der Waals surface area contributed by atoms with Crippen LogP contribution in [-0.4, -0.2) is 4.57 Å². The van der Waals surface area contributed by atoms with Crippen LogP contribution in [0.1, 0.15) is 58.2 Å². The van der Waals surface area contributed by atoms with Gasteiger partial charge in [0.2, 0.25) is 0 Å². The minimum atomic E-state index is 0.0389. The smallest absolute Gasteiger partial charge is 0.0541 e. The van der Waals surface area contributed by atoms with Crippen molar-refractivity contribution in [1.82, 2.24) is 4.57 Å². The molecule has 0 atom stereocenters. The SMILES string of the molecule is Cc1ccc(C(C)(C)C)cc1N(c1cccc(C(C)(C)C)c1)c1ccc2cc3c(cc2c1)-c1cc2ccc(-n4c5ccccc5c5ccccc54)cc2cc1-3. The van der Waals surface area contributed by atoms with Crippen LogP contribution in [0, 0.1) is 6.92 Å². The summed E-state index contributed by atoms with van der Waals surface area (Å²) in [6, 6.07) is 57.1. The molecule has 2 heteroatoms. The zero-order valence-electron chi connectivity index (χ0n) is 32.8. The number of anilines is 3. The highest BCUT2D eigenvalue weighted by atomic mass is 15.1. The summed E-state index contributed by atoms with van der Waals surface area (Å²) < 4.78 is 2.41. The van der Waals surface area contributed by atoms with E-state index in [9.17, 15) is 0 Å². The molecule has 0 saturated heterocycles. The molecule has 0 spiro atoms. The summed E-state index contributed by atoms with van der Waals surface area (Å²) in [5.41, 5.74) is 16.6. The first kappa shape index (κ1) is 33.4. The quantitative estimate of drug-likeness (QED) is 0.177. The first-order valence-corrected chi connectivity index (χ1v) is 19.6. The van der Waals surface area contributed by atoms with Gasteiger partial charge in [0.1, 0.15) is 0 Å². The normalized spacial score (nSPS) is 12.6. The highest BCUT2D eigenvalue weighted by Crippen LogP contribution is 2.51. The first-order valence-electron chi connectivity index (χ1n) is 19.6. The Bertz CT molecular complexity index is 2960. The summed E-state index contributed by atoms with van der Waals surface area (Å²) in [5.74, 6) is 0. The summed E-state index contributed by atoms with van der Waals surface area (Å²) >= 11 is 0. The van der Waals surface area contributed by atoms with Crippen LogP contribution in [0.25, 0.3) is 71.3 Å². The van der Waals surface area contributed by atoms with E-state index in [1.54, 1.807) is 0 Å². The third-order valence-corrected chi connectivity index (χ3v) is 11.9. The fourth-order valence-electron chi connectivity index (χ4n) is 8.73. The Morgan fingerprint density at radius 1 is 0.418 bits per heavy atom. The van der Waals surface area contributed by atoms with Gasteiger partial charge in [-0.3, -0.25) is 0 Å². The van der Waals surface area contributed by atoms with E-state index in [0.717, 1.165) is 0 Å². The molecule has 1 aliphatic rings. The van der Waals surface area contributed by atoms with Gasteiger partial charge in [0.15, 0.2) is 0 Å². The van der Waals surface area contributed by atoms with E-state index < -0.39 is 0 Å². The molecule has 0 bridgehead atoms. The second-order valence-corrected chi connectivity index (χ2v) is 17.6. The predicted octanol–water partition coefficient (Wildman–Crippen LogP) is 15.1. The van der Waals surface area contributed by atoms with Crippen molar-refractivity contribution in [3.05, 3.63) is 168 Å². The van der Waals surface area contributed by atoms with E-state index in [1.165, 1.54) is 105 Å². The van der Waals surface area contributed by atoms with Crippen LogP contribution in [0.5, 0.6) is 0 Å². The first-order chi connectivity index (χ1) is 26.4. The maximum Gasteiger partial charge on any atom is 0.0541 e. The van der Waals surface area contributed by atoms with Crippen LogP contribution in [0.3, 0.4) is 0 Å². The molecule has 0 radical (unpaired) electrons. The Labute approximate surface area is 324 Å². The van der Waals surface area contributed by atoms with Crippen molar-refractivity contribution < 1.29 is 0 Å². The van der Waals surface area contributed by atoms with Gasteiger partial charge in [-0.25, -0.2) is 0 Å². The Kier molecular flexibility index (Phi) is 7.26. The number of nitrogens with zero attached hydrogens (tertiary/aromatic N) is 2. The van der Waals surface area contributed by atoms with Crippen molar-refractivity contribution in [3.63, 3.8) is 0 Å². The Morgan fingerprint density at radius 3 is 1.56 bits per heavy atom.